The third-order valence-corrected chi connectivity index (χ3v) is 7.37. The van der Waals surface area contributed by atoms with Gasteiger partial charge in [0, 0.05) is 16.6 Å². The van der Waals surface area contributed by atoms with Crippen molar-refractivity contribution in [1.82, 2.24) is 0 Å². The van der Waals surface area contributed by atoms with Crippen LogP contribution in [0, 0.1) is 0 Å². The highest BCUT2D eigenvalue weighted by atomic mass is 35.5. The van der Waals surface area contributed by atoms with Crippen LogP contribution in [0.4, 0.5) is 11.4 Å². The summed E-state index contributed by atoms with van der Waals surface area (Å²) >= 11 is 12.4. The molecule has 146 valence electrons. The van der Waals surface area contributed by atoms with Crippen LogP contribution in [0.2, 0.25) is 10.0 Å². The van der Waals surface area contributed by atoms with Crippen molar-refractivity contribution >= 4 is 44.6 Å². The summed E-state index contributed by atoms with van der Waals surface area (Å²) in [6.07, 6.45) is 2.25. The van der Waals surface area contributed by atoms with E-state index >= 15 is 0 Å². The Bertz CT molecular complexity index is 918. The predicted octanol–water partition coefficient (Wildman–Crippen LogP) is 5.69. The van der Waals surface area contributed by atoms with Crippen molar-refractivity contribution in [3.63, 3.8) is 0 Å². The Morgan fingerprint density at radius 3 is 2.41 bits per heavy atom. The lowest BCUT2D eigenvalue weighted by Crippen LogP contribution is -2.44. The number of anilines is 2. The maximum absolute atomic E-state index is 13.0. The van der Waals surface area contributed by atoms with Crippen LogP contribution in [0.3, 0.4) is 0 Å². The molecule has 2 aromatic rings. The molecule has 1 heterocycles. The van der Waals surface area contributed by atoms with Gasteiger partial charge < -0.3 is 4.90 Å². The van der Waals surface area contributed by atoms with Crippen molar-refractivity contribution in [3.05, 3.63) is 58.1 Å². The molecule has 0 N–H and O–H groups in total. The molecule has 2 aromatic carbocycles. The Morgan fingerprint density at radius 1 is 1.04 bits per heavy atom. The summed E-state index contributed by atoms with van der Waals surface area (Å²) in [5, 5.41) is 1.16. The molecule has 0 saturated carbocycles. The molecule has 0 radical (unpaired) electrons. The average molecular weight is 427 g/mol. The first kappa shape index (κ1) is 20.3. The van der Waals surface area contributed by atoms with Gasteiger partial charge in [-0.15, -0.1) is 0 Å². The van der Waals surface area contributed by atoms with Crippen molar-refractivity contribution in [2.75, 3.05) is 15.0 Å². The molecule has 1 aliphatic rings. The lowest BCUT2D eigenvalue weighted by Gasteiger charge is -2.30. The van der Waals surface area contributed by atoms with Crippen molar-refractivity contribution in [2.45, 2.75) is 45.8 Å². The van der Waals surface area contributed by atoms with Crippen LogP contribution < -0.4 is 9.21 Å². The Balaban J connectivity index is 1.93. The zero-order valence-corrected chi connectivity index (χ0v) is 17.9. The summed E-state index contributed by atoms with van der Waals surface area (Å²) in [5.74, 6) is 0.162. The molecule has 27 heavy (non-hydrogen) atoms. The Kier molecular flexibility index (Phi) is 6.24. The first-order valence-electron chi connectivity index (χ1n) is 9.17. The Morgan fingerprint density at radius 2 is 1.74 bits per heavy atom. The van der Waals surface area contributed by atoms with Crippen LogP contribution in [-0.4, -0.2) is 20.3 Å². The fourth-order valence-electron chi connectivity index (χ4n) is 3.49. The van der Waals surface area contributed by atoms with Gasteiger partial charge in [0.05, 0.1) is 17.1 Å². The summed E-state index contributed by atoms with van der Waals surface area (Å²) in [5.41, 5.74) is 2.54. The molecule has 0 bridgehead atoms. The molecular weight excluding hydrogens is 403 g/mol. The minimum absolute atomic E-state index is 0.162. The molecule has 4 nitrogen and oxygen atoms in total. The van der Waals surface area contributed by atoms with E-state index in [9.17, 15) is 8.42 Å². The van der Waals surface area contributed by atoms with Crippen molar-refractivity contribution < 1.29 is 8.42 Å². The van der Waals surface area contributed by atoms with Gasteiger partial charge in [0.1, 0.15) is 6.17 Å². The summed E-state index contributed by atoms with van der Waals surface area (Å²) < 4.78 is 27.6. The highest BCUT2D eigenvalue weighted by Gasteiger charge is 2.39. The molecule has 0 saturated heterocycles. The smallest absolute Gasteiger partial charge is 0.236 e. The number of unbranched alkanes of at least 4 members (excludes halogenated alkanes) is 2. The number of fused-ring (bicyclic) bond motifs is 1. The quantitative estimate of drug-likeness (QED) is 0.534. The second-order valence-electron chi connectivity index (χ2n) is 6.80. The van der Waals surface area contributed by atoms with Gasteiger partial charge >= 0.3 is 0 Å². The van der Waals surface area contributed by atoms with E-state index in [1.54, 1.807) is 16.4 Å². The van der Waals surface area contributed by atoms with E-state index < -0.39 is 10.0 Å². The van der Waals surface area contributed by atoms with Gasteiger partial charge in [-0.1, -0.05) is 61.2 Å². The normalized spacial score (nSPS) is 16.7. The highest BCUT2D eigenvalue weighted by Crippen LogP contribution is 2.42. The second kappa shape index (κ2) is 8.29. The first-order valence-corrected chi connectivity index (χ1v) is 11.5. The third-order valence-electron chi connectivity index (χ3n) is 4.88. The lowest BCUT2D eigenvalue weighted by atomic mass is 10.2. The monoisotopic (exact) mass is 426 g/mol. The fourth-order valence-corrected chi connectivity index (χ4v) is 5.75. The molecule has 1 unspecified atom stereocenters. The van der Waals surface area contributed by atoms with Gasteiger partial charge in [-0.2, -0.15) is 0 Å². The number of halogens is 2. The predicted molar refractivity (Wildman–Crippen MR) is 114 cm³/mol. The van der Waals surface area contributed by atoms with Crippen LogP contribution in [-0.2, 0) is 16.6 Å². The highest BCUT2D eigenvalue weighted by molar-refractivity contribution is 7.92. The van der Waals surface area contributed by atoms with Crippen LogP contribution in [0.15, 0.2) is 42.5 Å². The number of benzene rings is 2. The molecule has 0 aliphatic carbocycles. The molecule has 7 heteroatoms. The molecule has 0 fully saturated rings. The van der Waals surface area contributed by atoms with E-state index in [0.29, 0.717) is 23.0 Å². The Labute approximate surface area is 171 Å². The SMILES string of the molecule is CCCCCS(=O)(=O)N1c2ccccc2N(Cc2ccc(Cl)cc2Cl)C1C. The zero-order valence-electron chi connectivity index (χ0n) is 15.5. The standard InChI is InChI=1S/C20H24Cl2N2O2S/c1-3-4-7-12-27(25,26)24-15(2)23(19-8-5-6-9-20(19)24)14-16-10-11-17(21)13-18(16)22/h5-6,8-11,13,15H,3-4,7,12,14H2,1-2H3. The van der Waals surface area contributed by atoms with Crippen LogP contribution in [0.5, 0.6) is 0 Å². The number of hydrogen-bond donors (Lipinski definition) is 0. The van der Waals surface area contributed by atoms with Crippen molar-refractivity contribution in [1.29, 1.82) is 0 Å². The van der Waals surface area contributed by atoms with Gasteiger partial charge in [0.2, 0.25) is 10.0 Å². The lowest BCUT2D eigenvalue weighted by molar-refractivity contribution is 0.574. The molecule has 3 rings (SSSR count). The van der Waals surface area contributed by atoms with Crippen LogP contribution in [0.1, 0.15) is 38.7 Å². The molecule has 1 atom stereocenters. The number of para-hydroxylation sites is 2. The van der Waals surface area contributed by atoms with Gasteiger partial charge in [0.25, 0.3) is 0 Å². The van der Waals surface area contributed by atoms with Gasteiger partial charge in [-0.25, -0.2) is 12.7 Å². The van der Waals surface area contributed by atoms with E-state index in [1.807, 2.05) is 37.3 Å². The van der Waals surface area contributed by atoms with Gasteiger partial charge in [-0.3, -0.25) is 0 Å². The zero-order chi connectivity index (χ0) is 19.6. The molecule has 0 spiro atoms. The molecule has 1 aliphatic heterocycles. The summed E-state index contributed by atoms with van der Waals surface area (Å²) in [7, 11) is -3.40. The minimum Gasteiger partial charge on any atom is -0.344 e. The molecule has 0 amide bonds. The first-order chi connectivity index (χ1) is 12.8. The maximum Gasteiger partial charge on any atom is 0.236 e. The largest absolute Gasteiger partial charge is 0.344 e. The Hall–Kier alpha value is -1.43. The van der Waals surface area contributed by atoms with Crippen LogP contribution >= 0.6 is 23.2 Å². The van der Waals surface area contributed by atoms with Gasteiger partial charge in [-0.05, 0) is 43.2 Å². The fraction of sp³-hybridized carbons (Fsp3) is 0.400. The summed E-state index contributed by atoms with van der Waals surface area (Å²) in [4.78, 5) is 2.07. The van der Waals surface area contributed by atoms with Crippen LogP contribution in [0.25, 0.3) is 0 Å². The topological polar surface area (TPSA) is 40.6 Å². The second-order valence-corrected chi connectivity index (χ2v) is 9.61. The number of hydrogen-bond acceptors (Lipinski definition) is 3. The third kappa shape index (κ3) is 4.20. The number of rotatable bonds is 7. The summed E-state index contributed by atoms with van der Waals surface area (Å²) in [6, 6.07) is 13.0. The maximum atomic E-state index is 13.0. The van der Waals surface area contributed by atoms with Crippen molar-refractivity contribution in [3.8, 4) is 0 Å². The number of nitrogens with zero attached hydrogens (tertiary/aromatic N) is 2. The van der Waals surface area contributed by atoms with Gasteiger partial charge in [0.15, 0.2) is 0 Å². The van der Waals surface area contributed by atoms with E-state index in [0.717, 1.165) is 29.8 Å². The summed E-state index contributed by atoms with van der Waals surface area (Å²) in [6.45, 7) is 4.49. The van der Waals surface area contributed by atoms with Crippen molar-refractivity contribution in [2.24, 2.45) is 0 Å². The van der Waals surface area contributed by atoms with E-state index in [2.05, 4.69) is 11.8 Å². The average Bonchev–Trinajstić information content (AvgIpc) is 2.90. The molecule has 0 aromatic heterocycles. The number of sulfonamides is 1. The molecular formula is C20H24Cl2N2O2S. The van der Waals surface area contributed by atoms with E-state index in [-0.39, 0.29) is 11.9 Å². The minimum atomic E-state index is -3.40. The van der Waals surface area contributed by atoms with E-state index in [1.165, 1.54) is 0 Å². The van der Waals surface area contributed by atoms with E-state index in [4.69, 9.17) is 23.2 Å².